The SMILES string of the molecule is CC12CC=CC=C1c1ccc(N(c3ccc(-c4ccc(C5=Cc6ccc7c(c6C6NC(=O)N=C56)=NC(=O)N=7)cc4)cc3)c3ccc(C4C=CC=CC4)cc3)cc1O2. The van der Waals surface area contributed by atoms with Crippen LogP contribution in [0.3, 0.4) is 0 Å². The largest absolute Gasteiger partial charge is 0.482 e. The maximum atomic E-state index is 12.6. The van der Waals surface area contributed by atoms with E-state index in [0.29, 0.717) is 22.3 Å². The predicted molar refractivity (Wildman–Crippen MR) is 224 cm³/mol. The molecule has 0 bridgehead atoms. The zero-order valence-electron chi connectivity index (χ0n) is 31.0. The van der Waals surface area contributed by atoms with Gasteiger partial charge in [0.15, 0.2) is 0 Å². The molecule has 4 amide bonds. The van der Waals surface area contributed by atoms with Crippen molar-refractivity contribution >= 4 is 52.1 Å². The van der Waals surface area contributed by atoms with E-state index in [-0.39, 0.29) is 5.60 Å². The van der Waals surface area contributed by atoms with Crippen molar-refractivity contribution in [3.63, 3.8) is 0 Å². The number of anilines is 3. The van der Waals surface area contributed by atoms with Crippen LogP contribution >= 0.6 is 0 Å². The summed E-state index contributed by atoms with van der Waals surface area (Å²) < 4.78 is 6.64. The summed E-state index contributed by atoms with van der Waals surface area (Å²) in [6, 6.07) is 34.7. The van der Waals surface area contributed by atoms with Crippen molar-refractivity contribution in [3.8, 4) is 16.9 Å². The van der Waals surface area contributed by atoms with E-state index >= 15 is 0 Å². The lowest BCUT2D eigenvalue weighted by Gasteiger charge is -2.27. The van der Waals surface area contributed by atoms with Crippen LogP contribution in [0, 0.1) is 0 Å². The molecule has 3 unspecified atom stereocenters. The highest BCUT2D eigenvalue weighted by Crippen LogP contribution is 2.50. The Labute approximate surface area is 329 Å². The Balaban J connectivity index is 0.924. The third-order valence-electron chi connectivity index (χ3n) is 11.8. The molecule has 8 nitrogen and oxygen atoms in total. The number of benzene rings is 5. The Morgan fingerprint density at radius 3 is 2.26 bits per heavy atom. The molecule has 0 fully saturated rings. The number of amides is 4. The van der Waals surface area contributed by atoms with Gasteiger partial charge >= 0.3 is 12.1 Å². The fourth-order valence-electron chi connectivity index (χ4n) is 8.96. The van der Waals surface area contributed by atoms with Gasteiger partial charge in [0.2, 0.25) is 0 Å². The van der Waals surface area contributed by atoms with Crippen molar-refractivity contribution in [2.45, 2.75) is 37.3 Å². The van der Waals surface area contributed by atoms with Gasteiger partial charge in [-0.2, -0.15) is 15.0 Å². The first kappa shape index (κ1) is 33.2. The molecular formula is C49H35N5O3. The van der Waals surface area contributed by atoms with Crippen molar-refractivity contribution in [2.24, 2.45) is 15.0 Å². The number of carbonyl (C=O) groups is 2. The van der Waals surface area contributed by atoms with E-state index in [9.17, 15) is 9.59 Å². The lowest BCUT2D eigenvalue weighted by atomic mass is 9.83. The standard InChI is InChI=1S/C49H35N5O3/c1-49-26-6-5-9-40(49)38-24-23-37(28-42(38)57-49)54(35-19-14-31(15-20-35)29-7-3-2-4-8-29)36-21-16-32(17-22-36)30-10-12-33(13-11-30)39-27-34-18-25-41-45(52-47(55)50-41)43(34)46-44(39)51-48(56)53-46/h2-7,9-25,27-29,46H,8,26H2,1H3,(H,53,56). The zero-order valence-corrected chi connectivity index (χ0v) is 31.0. The number of fused-ring (bicyclic) bond motifs is 8. The summed E-state index contributed by atoms with van der Waals surface area (Å²) in [6.45, 7) is 2.17. The monoisotopic (exact) mass is 741 g/mol. The van der Waals surface area contributed by atoms with E-state index in [1.807, 2.05) is 12.1 Å². The van der Waals surface area contributed by atoms with Crippen molar-refractivity contribution in [3.05, 3.63) is 184 Å². The Morgan fingerprint density at radius 1 is 0.754 bits per heavy atom. The number of hydrogen-bond acceptors (Lipinski definition) is 4. The summed E-state index contributed by atoms with van der Waals surface area (Å²) in [6.07, 6.45) is 19.1. The summed E-state index contributed by atoms with van der Waals surface area (Å²) in [5, 5.41) is 3.98. The minimum Gasteiger partial charge on any atom is -0.482 e. The van der Waals surface area contributed by atoms with E-state index in [0.717, 1.165) is 74.6 Å². The van der Waals surface area contributed by atoms with E-state index in [1.165, 1.54) is 11.1 Å². The van der Waals surface area contributed by atoms with Crippen LogP contribution in [0.1, 0.15) is 59.5 Å². The molecule has 57 heavy (non-hydrogen) atoms. The van der Waals surface area contributed by atoms with Gasteiger partial charge in [0.05, 0.1) is 11.1 Å². The maximum absolute atomic E-state index is 12.6. The van der Waals surface area contributed by atoms with E-state index in [4.69, 9.17) is 4.74 Å². The minimum absolute atomic E-state index is 0.353. The van der Waals surface area contributed by atoms with Crippen LogP contribution in [-0.2, 0) is 0 Å². The number of rotatable bonds is 6. The van der Waals surface area contributed by atoms with E-state index in [1.54, 1.807) is 6.07 Å². The predicted octanol–water partition coefficient (Wildman–Crippen LogP) is 10.0. The first-order valence-corrected chi connectivity index (χ1v) is 19.3. The summed E-state index contributed by atoms with van der Waals surface area (Å²) in [5.41, 5.74) is 12.6. The molecule has 0 spiro atoms. The van der Waals surface area contributed by atoms with Crippen LogP contribution in [0.15, 0.2) is 161 Å². The van der Waals surface area contributed by atoms with Gasteiger partial charge in [-0.15, -0.1) is 0 Å². The number of urea groups is 2. The maximum Gasteiger partial charge on any atom is 0.368 e. The van der Waals surface area contributed by atoms with Crippen LogP contribution in [0.25, 0.3) is 28.3 Å². The van der Waals surface area contributed by atoms with Gasteiger partial charge < -0.3 is 15.0 Å². The molecule has 11 rings (SSSR count). The van der Waals surface area contributed by atoms with Crippen LogP contribution in [0.4, 0.5) is 26.7 Å². The first-order valence-electron chi connectivity index (χ1n) is 19.3. The molecule has 1 N–H and O–H groups in total. The van der Waals surface area contributed by atoms with Crippen LogP contribution in [-0.4, -0.2) is 23.4 Å². The van der Waals surface area contributed by atoms with E-state index in [2.05, 4.69) is 166 Å². The topological polar surface area (TPSA) is 95.7 Å². The van der Waals surface area contributed by atoms with Gasteiger partial charge in [-0.05, 0) is 89.7 Å². The van der Waals surface area contributed by atoms with Crippen LogP contribution in [0.2, 0.25) is 0 Å². The second-order valence-corrected chi connectivity index (χ2v) is 15.3. The smallest absolute Gasteiger partial charge is 0.368 e. The van der Waals surface area contributed by atoms with Gasteiger partial charge in [-0.25, -0.2) is 9.59 Å². The number of allylic oxidation sites excluding steroid dienone is 6. The molecule has 3 heterocycles. The molecular weight excluding hydrogens is 707 g/mol. The highest BCUT2D eigenvalue weighted by Gasteiger charge is 2.40. The quantitative estimate of drug-likeness (QED) is 0.187. The molecule has 274 valence electrons. The number of nitrogens with zero attached hydrogens (tertiary/aromatic N) is 4. The third kappa shape index (κ3) is 5.47. The molecule has 3 atom stereocenters. The Kier molecular flexibility index (Phi) is 7.38. The lowest BCUT2D eigenvalue weighted by molar-refractivity contribution is 0.170. The van der Waals surface area contributed by atoms with Crippen molar-refractivity contribution in [2.75, 3.05) is 4.90 Å². The minimum atomic E-state index is -0.535. The summed E-state index contributed by atoms with van der Waals surface area (Å²) in [4.78, 5) is 39.4. The average molecular weight is 742 g/mol. The fraction of sp³-hybridized carbons (Fsp3) is 0.122. The van der Waals surface area contributed by atoms with Gasteiger partial charge in [0.25, 0.3) is 0 Å². The Bertz CT molecular complexity index is 2900. The van der Waals surface area contributed by atoms with Crippen molar-refractivity contribution in [1.82, 2.24) is 5.32 Å². The average Bonchev–Trinajstić information content (AvgIpc) is 3.92. The van der Waals surface area contributed by atoms with Crippen molar-refractivity contribution < 1.29 is 14.3 Å². The molecule has 8 heteroatoms. The van der Waals surface area contributed by atoms with Crippen LogP contribution in [0.5, 0.6) is 5.75 Å². The number of hydrogen-bond donors (Lipinski definition) is 1. The number of nitrogens with one attached hydrogen (secondary N) is 1. The first-order chi connectivity index (χ1) is 27.9. The van der Waals surface area contributed by atoms with E-state index < -0.39 is 18.1 Å². The molecule has 0 saturated heterocycles. The molecule has 5 aromatic carbocycles. The summed E-state index contributed by atoms with van der Waals surface area (Å²) in [5.74, 6) is 1.28. The van der Waals surface area contributed by atoms with Crippen LogP contribution < -0.4 is 25.7 Å². The Hall–Kier alpha value is -7.19. The van der Waals surface area contributed by atoms with Gasteiger partial charge in [-0.3, -0.25) is 0 Å². The highest BCUT2D eigenvalue weighted by atomic mass is 16.5. The molecule has 3 aliphatic heterocycles. The van der Waals surface area contributed by atoms with Gasteiger partial charge in [0.1, 0.15) is 22.7 Å². The molecule has 5 aromatic rings. The lowest BCUT2D eigenvalue weighted by Crippen LogP contribution is -2.37. The summed E-state index contributed by atoms with van der Waals surface area (Å²) in [7, 11) is 0. The normalized spacial score (nSPS) is 21.7. The van der Waals surface area contributed by atoms with Crippen molar-refractivity contribution in [1.29, 1.82) is 0 Å². The Morgan fingerprint density at radius 2 is 1.49 bits per heavy atom. The number of ether oxygens (including phenoxy) is 1. The molecule has 0 aromatic heterocycles. The molecule has 0 radical (unpaired) electrons. The van der Waals surface area contributed by atoms with Gasteiger partial charge in [-0.1, -0.05) is 97.1 Å². The zero-order chi connectivity index (χ0) is 38.3. The second kappa shape index (κ2) is 12.7. The summed E-state index contributed by atoms with van der Waals surface area (Å²) >= 11 is 0. The second-order valence-electron chi connectivity index (χ2n) is 15.3. The van der Waals surface area contributed by atoms with Gasteiger partial charge in [0, 0.05) is 57.7 Å². The fourth-order valence-corrected chi connectivity index (χ4v) is 8.96. The molecule has 6 aliphatic rings. The molecule has 0 saturated carbocycles. The highest BCUT2D eigenvalue weighted by molar-refractivity contribution is 6.35. The molecule has 3 aliphatic carbocycles. The number of aliphatic imine (C=N–C) groups is 1. The number of carbonyl (C=O) groups excluding carboxylic acids is 2. The third-order valence-corrected chi connectivity index (χ3v) is 11.8.